The molecule has 0 bridgehead atoms. The molecule has 0 saturated heterocycles. The van der Waals surface area contributed by atoms with Gasteiger partial charge in [0.2, 0.25) is 0 Å². The molecule has 20 heavy (non-hydrogen) atoms. The highest BCUT2D eigenvalue weighted by Crippen LogP contribution is 2.22. The first-order valence-corrected chi connectivity index (χ1v) is 8.91. The van der Waals surface area contributed by atoms with Crippen molar-refractivity contribution in [2.75, 3.05) is 6.61 Å². The number of rotatable bonds is 11. The topological polar surface area (TPSA) is 20.2 Å². The summed E-state index contributed by atoms with van der Waals surface area (Å²) in [7, 11) is 0. The first-order chi connectivity index (χ1) is 9.77. The van der Waals surface area contributed by atoms with Crippen molar-refractivity contribution in [1.29, 1.82) is 0 Å². The Balaban J connectivity index is 2.18. The second-order valence-corrected chi connectivity index (χ2v) is 6.61. The lowest BCUT2D eigenvalue weighted by molar-refractivity contribution is 0.214. The Bertz CT molecular complexity index is 351. The van der Waals surface area contributed by atoms with Crippen LogP contribution in [0.1, 0.15) is 63.9 Å². The van der Waals surface area contributed by atoms with E-state index in [1.807, 2.05) is 6.07 Å². The van der Waals surface area contributed by atoms with Crippen LogP contribution in [0.25, 0.3) is 0 Å². The maximum Gasteiger partial charge on any atom is 0.0462 e. The van der Waals surface area contributed by atoms with E-state index in [2.05, 4.69) is 41.1 Å². The van der Waals surface area contributed by atoms with Gasteiger partial charge in [-0.2, -0.15) is 0 Å². The molecule has 1 rings (SSSR count). The van der Waals surface area contributed by atoms with Crippen molar-refractivity contribution in [3.8, 4) is 0 Å². The molecule has 2 heteroatoms. The summed E-state index contributed by atoms with van der Waals surface area (Å²) in [5, 5.41) is 9.54. The SMILES string of the molecule is CCCCCCCCCC(CO)Cc1ccccc1Br. The van der Waals surface area contributed by atoms with E-state index in [1.54, 1.807) is 0 Å². The van der Waals surface area contributed by atoms with Crippen LogP contribution in [-0.4, -0.2) is 11.7 Å². The van der Waals surface area contributed by atoms with Crippen molar-refractivity contribution in [2.24, 2.45) is 5.92 Å². The molecule has 1 nitrogen and oxygen atoms in total. The van der Waals surface area contributed by atoms with Gasteiger partial charge >= 0.3 is 0 Å². The molecule has 1 atom stereocenters. The molecule has 1 N–H and O–H groups in total. The molecule has 0 aromatic heterocycles. The first kappa shape index (κ1) is 17.7. The fourth-order valence-corrected chi connectivity index (χ4v) is 3.07. The second-order valence-electron chi connectivity index (χ2n) is 5.75. The molecule has 0 heterocycles. The van der Waals surface area contributed by atoms with E-state index in [-0.39, 0.29) is 0 Å². The Hall–Kier alpha value is -0.340. The minimum Gasteiger partial charge on any atom is -0.396 e. The minimum absolute atomic E-state index is 0.303. The zero-order valence-electron chi connectivity index (χ0n) is 12.8. The van der Waals surface area contributed by atoms with Crippen molar-refractivity contribution in [1.82, 2.24) is 0 Å². The van der Waals surface area contributed by atoms with Gasteiger partial charge in [0, 0.05) is 11.1 Å². The van der Waals surface area contributed by atoms with Crippen LogP contribution in [0.2, 0.25) is 0 Å². The molecule has 114 valence electrons. The van der Waals surface area contributed by atoms with Gasteiger partial charge in [-0.05, 0) is 30.4 Å². The standard InChI is InChI=1S/C18H29BrO/c1-2-3-4-5-6-7-8-11-16(15-20)14-17-12-9-10-13-18(17)19/h9-10,12-13,16,20H,2-8,11,14-15H2,1H3. The van der Waals surface area contributed by atoms with Crippen LogP contribution in [-0.2, 0) is 6.42 Å². The fraction of sp³-hybridized carbons (Fsp3) is 0.667. The minimum atomic E-state index is 0.303. The van der Waals surface area contributed by atoms with Crippen LogP contribution in [0.15, 0.2) is 28.7 Å². The van der Waals surface area contributed by atoms with E-state index < -0.39 is 0 Å². The van der Waals surface area contributed by atoms with E-state index >= 15 is 0 Å². The molecular formula is C18H29BrO. The third-order valence-corrected chi connectivity index (χ3v) is 4.71. The zero-order valence-corrected chi connectivity index (χ0v) is 14.4. The van der Waals surface area contributed by atoms with E-state index in [9.17, 15) is 5.11 Å². The number of unbranched alkanes of at least 4 members (excludes halogenated alkanes) is 6. The van der Waals surface area contributed by atoms with Gasteiger partial charge in [-0.15, -0.1) is 0 Å². The van der Waals surface area contributed by atoms with Crippen LogP contribution >= 0.6 is 15.9 Å². The number of aliphatic hydroxyl groups excluding tert-OH is 1. The van der Waals surface area contributed by atoms with E-state index in [0.717, 1.165) is 17.3 Å². The van der Waals surface area contributed by atoms with E-state index in [4.69, 9.17) is 0 Å². The fourth-order valence-electron chi connectivity index (χ4n) is 2.62. The zero-order chi connectivity index (χ0) is 14.6. The van der Waals surface area contributed by atoms with Crippen LogP contribution in [0, 0.1) is 5.92 Å². The Morgan fingerprint density at radius 3 is 2.30 bits per heavy atom. The molecule has 0 aliphatic carbocycles. The van der Waals surface area contributed by atoms with Gasteiger partial charge in [-0.1, -0.05) is 86.0 Å². The summed E-state index contributed by atoms with van der Waals surface area (Å²) in [5.74, 6) is 0.407. The molecule has 0 fully saturated rings. The van der Waals surface area contributed by atoms with Gasteiger partial charge in [-0.3, -0.25) is 0 Å². The molecule has 0 radical (unpaired) electrons. The van der Waals surface area contributed by atoms with Crippen molar-refractivity contribution < 1.29 is 5.11 Å². The van der Waals surface area contributed by atoms with Crippen LogP contribution in [0.4, 0.5) is 0 Å². The average Bonchev–Trinajstić information content (AvgIpc) is 2.47. The number of aliphatic hydroxyl groups is 1. The number of halogens is 1. The summed E-state index contributed by atoms with van der Waals surface area (Å²) in [5.41, 5.74) is 1.31. The predicted molar refractivity (Wildman–Crippen MR) is 91.0 cm³/mol. The van der Waals surface area contributed by atoms with Crippen LogP contribution in [0.5, 0.6) is 0 Å². The van der Waals surface area contributed by atoms with Gasteiger partial charge in [0.05, 0.1) is 0 Å². The summed E-state index contributed by atoms with van der Waals surface area (Å²) in [4.78, 5) is 0. The molecular weight excluding hydrogens is 312 g/mol. The highest BCUT2D eigenvalue weighted by atomic mass is 79.9. The van der Waals surface area contributed by atoms with Crippen LogP contribution < -0.4 is 0 Å². The molecule has 0 aliphatic heterocycles. The van der Waals surface area contributed by atoms with Crippen molar-refractivity contribution in [2.45, 2.75) is 64.7 Å². The van der Waals surface area contributed by atoms with Crippen molar-refractivity contribution in [3.05, 3.63) is 34.3 Å². The summed E-state index contributed by atoms with van der Waals surface area (Å²) in [6.07, 6.45) is 11.5. The van der Waals surface area contributed by atoms with Gasteiger partial charge in [0.1, 0.15) is 0 Å². The lowest BCUT2D eigenvalue weighted by Gasteiger charge is -2.15. The van der Waals surface area contributed by atoms with Crippen molar-refractivity contribution in [3.63, 3.8) is 0 Å². The Labute approximate surface area is 132 Å². The normalized spacial score (nSPS) is 12.6. The maximum atomic E-state index is 9.54. The van der Waals surface area contributed by atoms with Gasteiger partial charge in [0.25, 0.3) is 0 Å². The molecule has 0 spiro atoms. The second kappa shape index (κ2) is 11.3. The van der Waals surface area contributed by atoms with Crippen molar-refractivity contribution >= 4 is 15.9 Å². The highest BCUT2D eigenvalue weighted by molar-refractivity contribution is 9.10. The lowest BCUT2D eigenvalue weighted by Crippen LogP contribution is -2.10. The predicted octanol–water partition coefficient (Wildman–Crippen LogP) is 5.74. The molecule has 0 amide bonds. The molecule has 1 aromatic carbocycles. The summed E-state index contributed by atoms with van der Waals surface area (Å²) in [6.45, 7) is 2.56. The largest absolute Gasteiger partial charge is 0.396 e. The molecule has 1 unspecified atom stereocenters. The Kier molecular flexibility index (Phi) is 10.0. The number of benzene rings is 1. The number of hydrogen-bond acceptors (Lipinski definition) is 1. The summed E-state index contributed by atoms with van der Waals surface area (Å²) >= 11 is 3.59. The van der Waals surface area contributed by atoms with Gasteiger partial charge in [-0.25, -0.2) is 0 Å². The van der Waals surface area contributed by atoms with Gasteiger partial charge < -0.3 is 5.11 Å². The maximum absolute atomic E-state index is 9.54. The van der Waals surface area contributed by atoms with E-state index in [1.165, 1.54) is 50.5 Å². The molecule has 0 aliphatic rings. The highest BCUT2D eigenvalue weighted by Gasteiger charge is 2.10. The molecule has 0 saturated carbocycles. The quantitative estimate of drug-likeness (QED) is 0.509. The Morgan fingerprint density at radius 2 is 1.65 bits per heavy atom. The van der Waals surface area contributed by atoms with Gasteiger partial charge in [0.15, 0.2) is 0 Å². The van der Waals surface area contributed by atoms with E-state index in [0.29, 0.717) is 12.5 Å². The molecule has 1 aromatic rings. The summed E-state index contributed by atoms with van der Waals surface area (Å²) in [6, 6.07) is 8.34. The lowest BCUT2D eigenvalue weighted by atomic mass is 9.94. The van der Waals surface area contributed by atoms with Crippen LogP contribution in [0.3, 0.4) is 0 Å². The summed E-state index contributed by atoms with van der Waals surface area (Å²) < 4.78 is 1.16. The number of hydrogen-bond donors (Lipinski definition) is 1. The third-order valence-electron chi connectivity index (χ3n) is 3.94. The third kappa shape index (κ3) is 7.44. The monoisotopic (exact) mass is 340 g/mol. The first-order valence-electron chi connectivity index (χ1n) is 8.12. The smallest absolute Gasteiger partial charge is 0.0462 e. The Morgan fingerprint density at radius 1 is 1.00 bits per heavy atom. The average molecular weight is 341 g/mol.